The number of aromatic nitrogens is 1. The lowest BCUT2D eigenvalue weighted by Gasteiger charge is -2.16. The first-order valence-electron chi connectivity index (χ1n) is 6.98. The number of H-pyrrole nitrogens is 1. The lowest BCUT2D eigenvalue weighted by atomic mass is 10.1. The fraction of sp³-hybridized carbons (Fsp3) is 0.333. The van der Waals surface area contributed by atoms with Crippen molar-refractivity contribution in [2.75, 3.05) is 25.0 Å². The second kappa shape index (κ2) is 5.89. The molecule has 5 nitrogen and oxygen atoms in total. The van der Waals surface area contributed by atoms with Crippen molar-refractivity contribution in [3.8, 4) is 0 Å². The smallest absolute Gasteiger partial charge is 0.255 e. The van der Waals surface area contributed by atoms with Crippen molar-refractivity contribution in [2.45, 2.75) is 12.8 Å². The van der Waals surface area contributed by atoms with Crippen LogP contribution < -0.4 is 10.9 Å². The Kier molecular flexibility index (Phi) is 3.96. The largest absolute Gasteiger partial charge is 0.376 e. The highest BCUT2D eigenvalue weighted by Crippen LogP contribution is 2.23. The molecule has 21 heavy (non-hydrogen) atoms. The molecule has 110 valence electrons. The van der Waals surface area contributed by atoms with Crippen LogP contribution in [0.5, 0.6) is 0 Å². The van der Waals surface area contributed by atoms with Crippen LogP contribution in [0.3, 0.4) is 0 Å². The maximum absolute atomic E-state index is 12.0. The molecule has 1 aliphatic heterocycles. The normalized spacial score (nSPS) is 14.6. The Morgan fingerprint density at radius 2 is 2.05 bits per heavy atom. The van der Waals surface area contributed by atoms with Gasteiger partial charge in [0.25, 0.3) is 5.56 Å². The van der Waals surface area contributed by atoms with Gasteiger partial charge >= 0.3 is 0 Å². The van der Waals surface area contributed by atoms with Crippen molar-refractivity contribution in [3.63, 3.8) is 0 Å². The van der Waals surface area contributed by atoms with Crippen LogP contribution in [0.4, 0.5) is 5.69 Å². The summed E-state index contributed by atoms with van der Waals surface area (Å²) in [5.41, 5.74) is 0.640. The summed E-state index contributed by atoms with van der Waals surface area (Å²) in [6.07, 6.45) is 3.81. The number of likely N-dealkylation sites (tertiary alicyclic amines) is 1. The van der Waals surface area contributed by atoms with E-state index in [1.54, 1.807) is 12.3 Å². The van der Waals surface area contributed by atoms with Crippen molar-refractivity contribution in [3.05, 3.63) is 39.2 Å². The fourth-order valence-electron chi connectivity index (χ4n) is 2.59. The number of nitrogens with one attached hydrogen (secondary N) is 2. The van der Waals surface area contributed by atoms with E-state index in [9.17, 15) is 9.59 Å². The average molecular weight is 350 g/mol. The second-order valence-electron chi connectivity index (χ2n) is 5.17. The van der Waals surface area contributed by atoms with Gasteiger partial charge in [-0.3, -0.25) is 9.59 Å². The predicted octanol–water partition coefficient (Wildman–Crippen LogP) is 2.32. The molecule has 1 fully saturated rings. The summed E-state index contributed by atoms with van der Waals surface area (Å²) in [4.78, 5) is 28.4. The van der Waals surface area contributed by atoms with Crippen LogP contribution in [0.1, 0.15) is 12.8 Å². The molecule has 0 aliphatic carbocycles. The van der Waals surface area contributed by atoms with Crippen LogP contribution in [-0.2, 0) is 4.79 Å². The van der Waals surface area contributed by atoms with Crippen molar-refractivity contribution in [1.82, 2.24) is 9.88 Å². The summed E-state index contributed by atoms with van der Waals surface area (Å²) in [5.74, 6) is 0.107. The first-order valence-corrected chi connectivity index (χ1v) is 7.77. The number of halogens is 1. The number of aromatic amines is 1. The van der Waals surface area contributed by atoms with E-state index < -0.39 is 0 Å². The number of amides is 1. The quantitative estimate of drug-likeness (QED) is 0.893. The number of hydrogen-bond donors (Lipinski definition) is 2. The van der Waals surface area contributed by atoms with E-state index >= 15 is 0 Å². The molecule has 2 aromatic rings. The minimum Gasteiger partial charge on any atom is -0.376 e. The summed E-state index contributed by atoms with van der Waals surface area (Å²) in [7, 11) is 0. The number of carbonyl (C=O) groups is 1. The number of pyridine rings is 1. The molecule has 0 unspecified atom stereocenters. The van der Waals surface area contributed by atoms with Gasteiger partial charge in [0.2, 0.25) is 5.91 Å². The van der Waals surface area contributed by atoms with Crippen LogP contribution in [-0.4, -0.2) is 35.4 Å². The Morgan fingerprint density at radius 1 is 1.29 bits per heavy atom. The van der Waals surface area contributed by atoms with Crippen LogP contribution >= 0.6 is 15.9 Å². The summed E-state index contributed by atoms with van der Waals surface area (Å²) in [5, 5.41) is 4.56. The summed E-state index contributed by atoms with van der Waals surface area (Å²) in [6.45, 7) is 1.97. The van der Waals surface area contributed by atoms with Gasteiger partial charge in [-0.05, 0) is 40.9 Å². The fourth-order valence-corrected chi connectivity index (χ4v) is 3.05. The van der Waals surface area contributed by atoms with Gasteiger partial charge in [-0.2, -0.15) is 0 Å². The lowest BCUT2D eigenvalue weighted by molar-refractivity contribution is -0.128. The van der Waals surface area contributed by atoms with Crippen LogP contribution in [0.2, 0.25) is 0 Å². The molecule has 2 heterocycles. The van der Waals surface area contributed by atoms with Gasteiger partial charge in [-0.25, -0.2) is 0 Å². The Labute approximate surface area is 130 Å². The predicted molar refractivity (Wildman–Crippen MR) is 86.6 cm³/mol. The summed E-state index contributed by atoms with van der Waals surface area (Å²) >= 11 is 3.41. The average Bonchev–Trinajstić information content (AvgIpc) is 3.03. The highest BCUT2D eigenvalue weighted by Gasteiger charge is 2.17. The molecule has 0 spiro atoms. The van der Waals surface area contributed by atoms with E-state index in [2.05, 4.69) is 26.2 Å². The third kappa shape index (κ3) is 2.95. The third-order valence-corrected chi connectivity index (χ3v) is 4.41. The zero-order valence-electron chi connectivity index (χ0n) is 11.5. The maximum Gasteiger partial charge on any atom is 0.255 e. The van der Waals surface area contributed by atoms with E-state index in [1.165, 1.54) is 0 Å². The molecular formula is C15H16BrN3O2. The van der Waals surface area contributed by atoms with Crippen molar-refractivity contribution < 1.29 is 4.79 Å². The Bertz CT molecular complexity index is 735. The Morgan fingerprint density at radius 3 is 2.81 bits per heavy atom. The maximum atomic E-state index is 12.0. The molecule has 0 atom stereocenters. The standard InChI is InChI=1S/C15H16BrN3O2/c16-13-8-18-15(21)12-7-10(3-4-11(12)13)17-9-14(20)19-5-1-2-6-19/h3-4,7-8,17H,1-2,5-6,9H2,(H,18,21). The van der Waals surface area contributed by atoms with E-state index in [1.807, 2.05) is 17.0 Å². The SMILES string of the molecule is O=C(CNc1ccc2c(Br)c[nH]c(=O)c2c1)N1CCCC1. The van der Waals surface area contributed by atoms with Gasteiger partial charge < -0.3 is 15.2 Å². The molecule has 3 rings (SSSR count). The van der Waals surface area contributed by atoms with E-state index in [-0.39, 0.29) is 18.0 Å². The van der Waals surface area contributed by atoms with Gasteiger partial charge in [0.05, 0.1) is 11.9 Å². The molecule has 6 heteroatoms. The number of nitrogens with zero attached hydrogens (tertiary/aromatic N) is 1. The molecule has 1 aliphatic rings. The number of hydrogen-bond acceptors (Lipinski definition) is 3. The van der Waals surface area contributed by atoms with Gasteiger partial charge in [0.15, 0.2) is 0 Å². The van der Waals surface area contributed by atoms with Crippen molar-refractivity contribution >= 4 is 38.3 Å². The van der Waals surface area contributed by atoms with Crippen LogP contribution in [0, 0.1) is 0 Å². The zero-order chi connectivity index (χ0) is 14.8. The van der Waals surface area contributed by atoms with Crippen LogP contribution in [0.15, 0.2) is 33.7 Å². The first-order chi connectivity index (χ1) is 10.1. The Hall–Kier alpha value is -1.82. The molecule has 2 N–H and O–H groups in total. The molecule has 0 bridgehead atoms. The molecule has 1 aromatic heterocycles. The molecular weight excluding hydrogens is 334 g/mol. The van der Waals surface area contributed by atoms with Crippen molar-refractivity contribution in [1.29, 1.82) is 0 Å². The van der Waals surface area contributed by atoms with Gasteiger partial charge in [0, 0.05) is 34.8 Å². The van der Waals surface area contributed by atoms with E-state index in [0.29, 0.717) is 5.39 Å². The summed E-state index contributed by atoms with van der Waals surface area (Å²) < 4.78 is 0.844. The third-order valence-electron chi connectivity index (χ3n) is 3.75. The Balaban J connectivity index is 1.77. The highest BCUT2D eigenvalue weighted by atomic mass is 79.9. The highest BCUT2D eigenvalue weighted by molar-refractivity contribution is 9.10. The number of rotatable bonds is 3. The molecule has 1 saturated heterocycles. The van der Waals surface area contributed by atoms with E-state index in [4.69, 9.17) is 0 Å². The lowest BCUT2D eigenvalue weighted by Crippen LogP contribution is -2.32. The number of fused-ring (bicyclic) bond motifs is 1. The zero-order valence-corrected chi connectivity index (χ0v) is 13.1. The molecule has 0 radical (unpaired) electrons. The number of benzene rings is 1. The van der Waals surface area contributed by atoms with E-state index in [0.717, 1.165) is 41.5 Å². The topological polar surface area (TPSA) is 65.2 Å². The van der Waals surface area contributed by atoms with Gasteiger partial charge in [-0.1, -0.05) is 6.07 Å². The molecule has 1 aromatic carbocycles. The van der Waals surface area contributed by atoms with Crippen LogP contribution in [0.25, 0.3) is 10.8 Å². The first kappa shape index (κ1) is 14.1. The minimum atomic E-state index is -0.136. The van der Waals surface area contributed by atoms with Gasteiger partial charge in [0.1, 0.15) is 0 Å². The number of carbonyl (C=O) groups excluding carboxylic acids is 1. The number of anilines is 1. The van der Waals surface area contributed by atoms with Crippen molar-refractivity contribution in [2.24, 2.45) is 0 Å². The monoisotopic (exact) mass is 349 g/mol. The summed E-state index contributed by atoms with van der Waals surface area (Å²) in [6, 6.07) is 5.53. The molecule has 0 saturated carbocycles. The van der Waals surface area contributed by atoms with Gasteiger partial charge in [-0.15, -0.1) is 0 Å². The second-order valence-corrected chi connectivity index (χ2v) is 6.02. The minimum absolute atomic E-state index is 0.107. The molecule has 1 amide bonds.